The molecule has 0 aliphatic heterocycles. The predicted molar refractivity (Wildman–Crippen MR) is 87.1 cm³/mol. The first-order chi connectivity index (χ1) is 9.88. The lowest BCUT2D eigenvalue weighted by Crippen LogP contribution is -2.13. The van der Waals surface area contributed by atoms with E-state index < -0.39 is 0 Å². The summed E-state index contributed by atoms with van der Waals surface area (Å²) in [6.07, 6.45) is 5.99. The van der Waals surface area contributed by atoms with Crippen LogP contribution in [0.2, 0.25) is 0 Å². The number of hydrogen-bond donors (Lipinski definition) is 1. The van der Waals surface area contributed by atoms with Gasteiger partial charge in [0.15, 0.2) is 0 Å². The van der Waals surface area contributed by atoms with Gasteiger partial charge in [0.1, 0.15) is 0 Å². The van der Waals surface area contributed by atoms with Crippen LogP contribution in [0.15, 0.2) is 53.7 Å². The highest BCUT2D eigenvalue weighted by Crippen LogP contribution is 2.19. The molecule has 2 aromatic rings. The number of rotatable bonds is 8. The van der Waals surface area contributed by atoms with Crippen molar-refractivity contribution in [2.24, 2.45) is 0 Å². The minimum atomic E-state index is 0.968. The number of benzene rings is 1. The van der Waals surface area contributed by atoms with Gasteiger partial charge in [-0.25, -0.2) is 0 Å². The smallest absolute Gasteiger partial charge is 0.0270 e. The lowest BCUT2D eigenvalue weighted by Gasteiger charge is -2.05. The minimum absolute atomic E-state index is 0.968. The van der Waals surface area contributed by atoms with Crippen LogP contribution in [-0.4, -0.2) is 17.3 Å². The van der Waals surface area contributed by atoms with Crippen LogP contribution in [0.25, 0.3) is 0 Å². The molecule has 2 rings (SSSR count). The Morgan fingerprint density at radius 3 is 2.45 bits per heavy atom. The molecule has 0 saturated carbocycles. The first kappa shape index (κ1) is 15.1. The molecule has 0 fully saturated rings. The number of aromatic nitrogens is 1. The molecule has 0 atom stereocenters. The molecule has 0 radical (unpaired) electrons. The number of hydrogen-bond acceptors (Lipinski definition) is 3. The molecule has 1 N–H and O–H groups in total. The molecule has 0 bridgehead atoms. The molecule has 1 aromatic carbocycles. The number of nitrogens with zero attached hydrogens (tertiary/aromatic N) is 1. The van der Waals surface area contributed by atoms with Gasteiger partial charge < -0.3 is 5.32 Å². The van der Waals surface area contributed by atoms with E-state index in [0.29, 0.717) is 0 Å². The third-order valence-corrected chi connectivity index (χ3v) is 4.10. The molecule has 20 heavy (non-hydrogen) atoms. The Morgan fingerprint density at radius 2 is 1.75 bits per heavy atom. The Morgan fingerprint density at radius 1 is 1.00 bits per heavy atom. The summed E-state index contributed by atoms with van der Waals surface area (Å²) >= 11 is 1.91. The van der Waals surface area contributed by atoms with Gasteiger partial charge >= 0.3 is 0 Å². The second-order valence-electron chi connectivity index (χ2n) is 4.77. The van der Waals surface area contributed by atoms with Gasteiger partial charge in [0.2, 0.25) is 0 Å². The Balaban J connectivity index is 1.73. The van der Waals surface area contributed by atoms with E-state index in [4.69, 9.17) is 0 Å². The van der Waals surface area contributed by atoms with Crippen LogP contribution in [0.1, 0.15) is 24.5 Å². The van der Waals surface area contributed by atoms with Crippen molar-refractivity contribution in [3.8, 4) is 0 Å². The first-order valence-electron chi connectivity index (χ1n) is 7.20. The Labute approximate surface area is 126 Å². The molecule has 0 aliphatic carbocycles. The van der Waals surface area contributed by atoms with Gasteiger partial charge in [-0.2, -0.15) is 0 Å². The fourth-order valence-corrected chi connectivity index (χ4v) is 2.85. The Bertz CT molecular complexity index is 482. The molecule has 106 valence electrons. The molecule has 1 heterocycles. The molecule has 1 aromatic heterocycles. The lowest BCUT2D eigenvalue weighted by molar-refractivity contribution is 0.675. The summed E-state index contributed by atoms with van der Waals surface area (Å²) in [5.41, 5.74) is 2.71. The number of nitrogens with one attached hydrogen (secondary N) is 1. The largest absolute Gasteiger partial charge is 0.313 e. The van der Waals surface area contributed by atoms with E-state index in [9.17, 15) is 0 Å². The first-order valence-corrected chi connectivity index (χ1v) is 8.18. The van der Waals surface area contributed by atoms with Crippen molar-refractivity contribution in [2.75, 3.05) is 12.3 Å². The van der Waals surface area contributed by atoms with Crippen LogP contribution >= 0.6 is 11.8 Å². The topological polar surface area (TPSA) is 24.9 Å². The highest BCUT2D eigenvalue weighted by Gasteiger charge is 1.97. The van der Waals surface area contributed by atoms with Crippen molar-refractivity contribution in [3.05, 3.63) is 59.9 Å². The Hall–Kier alpha value is -1.32. The summed E-state index contributed by atoms with van der Waals surface area (Å²) in [5.74, 6) is 1.11. The van der Waals surface area contributed by atoms with Gasteiger partial charge in [-0.1, -0.05) is 19.1 Å². The molecule has 0 aliphatic rings. The van der Waals surface area contributed by atoms with Gasteiger partial charge in [0, 0.05) is 29.6 Å². The highest BCUT2D eigenvalue weighted by atomic mass is 32.2. The third-order valence-electron chi connectivity index (χ3n) is 3.09. The van der Waals surface area contributed by atoms with E-state index in [1.807, 2.05) is 24.2 Å². The summed E-state index contributed by atoms with van der Waals surface area (Å²) < 4.78 is 0. The zero-order chi connectivity index (χ0) is 14.0. The molecule has 0 spiro atoms. The van der Waals surface area contributed by atoms with Crippen LogP contribution < -0.4 is 5.32 Å². The summed E-state index contributed by atoms with van der Waals surface area (Å²) in [6.45, 7) is 4.24. The average Bonchev–Trinajstić information content (AvgIpc) is 2.50. The van der Waals surface area contributed by atoms with Gasteiger partial charge in [0.05, 0.1) is 0 Å². The van der Waals surface area contributed by atoms with E-state index in [2.05, 4.69) is 53.6 Å². The van der Waals surface area contributed by atoms with Crippen molar-refractivity contribution in [1.29, 1.82) is 0 Å². The third kappa shape index (κ3) is 5.35. The summed E-state index contributed by atoms with van der Waals surface area (Å²) in [4.78, 5) is 5.38. The fourth-order valence-electron chi connectivity index (χ4n) is 1.95. The van der Waals surface area contributed by atoms with Gasteiger partial charge in [0.25, 0.3) is 0 Å². The van der Waals surface area contributed by atoms with Crippen LogP contribution in [0.4, 0.5) is 0 Å². The molecule has 2 nitrogen and oxygen atoms in total. The van der Waals surface area contributed by atoms with Crippen molar-refractivity contribution < 1.29 is 0 Å². The van der Waals surface area contributed by atoms with E-state index in [-0.39, 0.29) is 0 Å². The summed E-state index contributed by atoms with van der Waals surface area (Å²) in [5, 5.41) is 3.42. The van der Waals surface area contributed by atoms with E-state index in [0.717, 1.165) is 25.3 Å². The summed E-state index contributed by atoms with van der Waals surface area (Å²) in [6, 6.07) is 13.1. The van der Waals surface area contributed by atoms with Crippen molar-refractivity contribution in [1.82, 2.24) is 10.3 Å². The maximum atomic E-state index is 4.04. The zero-order valence-corrected chi connectivity index (χ0v) is 12.8. The van der Waals surface area contributed by atoms with Gasteiger partial charge in [-0.3, -0.25) is 4.98 Å². The maximum Gasteiger partial charge on any atom is 0.0270 e. The number of aryl methyl sites for hydroxylation is 1. The molecular formula is C17H22N2S. The molecule has 0 unspecified atom stereocenters. The van der Waals surface area contributed by atoms with Crippen LogP contribution in [0.3, 0.4) is 0 Å². The quantitative estimate of drug-likeness (QED) is 0.588. The second kappa shape index (κ2) is 8.77. The van der Waals surface area contributed by atoms with Crippen molar-refractivity contribution >= 4 is 11.8 Å². The second-order valence-corrected chi connectivity index (χ2v) is 5.94. The van der Waals surface area contributed by atoms with Gasteiger partial charge in [-0.15, -0.1) is 11.8 Å². The lowest BCUT2D eigenvalue weighted by atomic mass is 10.2. The van der Waals surface area contributed by atoms with Crippen LogP contribution in [0.5, 0.6) is 0 Å². The average molecular weight is 286 g/mol. The fraction of sp³-hybridized carbons (Fsp3) is 0.353. The van der Waals surface area contributed by atoms with Gasteiger partial charge in [-0.05, 0) is 54.8 Å². The predicted octanol–water partition coefficient (Wildman–Crippen LogP) is 3.92. The molecule has 3 heteroatoms. The Kier molecular flexibility index (Phi) is 6.61. The van der Waals surface area contributed by atoms with E-state index in [1.54, 1.807) is 0 Å². The number of pyridine rings is 1. The monoisotopic (exact) mass is 286 g/mol. The van der Waals surface area contributed by atoms with E-state index >= 15 is 0 Å². The zero-order valence-electron chi connectivity index (χ0n) is 12.0. The maximum absolute atomic E-state index is 4.04. The minimum Gasteiger partial charge on any atom is -0.313 e. The summed E-state index contributed by atoms with van der Waals surface area (Å²) in [7, 11) is 0. The number of thioether (sulfide) groups is 1. The van der Waals surface area contributed by atoms with Crippen LogP contribution in [-0.2, 0) is 13.0 Å². The van der Waals surface area contributed by atoms with Crippen molar-refractivity contribution in [2.45, 2.75) is 31.2 Å². The molecular weight excluding hydrogens is 264 g/mol. The van der Waals surface area contributed by atoms with Crippen LogP contribution in [0, 0.1) is 0 Å². The molecule has 0 amide bonds. The molecule has 0 saturated heterocycles. The SMILES string of the molecule is CCCNCc1ccc(SCCc2ccncc2)cc1. The highest BCUT2D eigenvalue weighted by molar-refractivity contribution is 7.99. The van der Waals surface area contributed by atoms with Crippen molar-refractivity contribution in [3.63, 3.8) is 0 Å². The standard InChI is InChI=1S/C17H22N2S/c1-2-10-19-14-16-3-5-17(6-4-16)20-13-9-15-7-11-18-12-8-15/h3-8,11-12,19H,2,9-10,13-14H2,1H3. The van der Waals surface area contributed by atoms with E-state index in [1.165, 1.54) is 22.4 Å². The normalized spacial score (nSPS) is 10.7.